The highest BCUT2D eigenvalue weighted by Crippen LogP contribution is 2.47. The maximum absolute atomic E-state index is 14.1. The Balaban J connectivity index is 2.32. The van der Waals surface area contributed by atoms with Crippen LogP contribution in [0.5, 0.6) is 5.75 Å². The van der Waals surface area contributed by atoms with Gasteiger partial charge in [0.15, 0.2) is 0 Å². The minimum atomic E-state index is -5.81. The molecule has 172 valence electrons. The lowest BCUT2D eigenvalue weighted by Crippen LogP contribution is -2.44. The maximum atomic E-state index is 14.1. The molecule has 1 aliphatic rings. The summed E-state index contributed by atoms with van der Waals surface area (Å²) in [6.45, 7) is 3.09. The van der Waals surface area contributed by atoms with Gasteiger partial charge >= 0.3 is 18.1 Å². The van der Waals surface area contributed by atoms with Crippen LogP contribution in [0.25, 0.3) is 5.70 Å². The van der Waals surface area contributed by atoms with E-state index in [9.17, 15) is 31.5 Å². The number of aromatic nitrogens is 1. The predicted octanol–water partition coefficient (Wildman–Crippen LogP) is 3.86. The molecule has 0 unspecified atom stereocenters. The molecule has 2 heterocycles. The fraction of sp³-hybridized carbons (Fsp3) is 0.333. The van der Waals surface area contributed by atoms with Crippen LogP contribution in [-0.2, 0) is 5.92 Å². The van der Waals surface area contributed by atoms with Crippen LogP contribution in [0.15, 0.2) is 53.0 Å². The summed E-state index contributed by atoms with van der Waals surface area (Å²) in [6, 6.07) is 5.94. The van der Waals surface area contributed by atoms with Crippen molar-refractivity contribution >= 4 is 11.7 Å². The average molecular weight is 457 g/mol. The first kappa shape index (κ1) is 23.3. The lowest BCUT2D eigenvalue weighted by Gasteiger charge is -2.38. The van der Waals surface area contributed by atoms with Crippen LogP contribution in [0.4, 0.5) is 26.7 Å². The molecule has 32 heavy (non-hydrogen) atoms. The summed E-state index contributed by atoms with van der Waals surface area (Å²) in [5.41, 5.74) is -2.75. The summed E-state index contributed by atoms with van der Waals surface area (Å²) in [5.74, 6) is -5.10. The number of benzene rings is 1. The molecule has 0 spiro atoms. The van der Waals surface area contributed by atoms with Gasteiger partial charge in [0, 0.05) is 42.6 Å². The van der Waals surface area contributed by atoms with E-state index >= 15 is 0 Å². The van der Waals surface area contributed by atoms with Crippen LogP contribution in [0.3, 0.4) is 0 Å². The van der Waals surface area contributed by atoms with Gasteiger partial charge in [0.25, 0.3) is 5.56 Å². The second-order valence-electron chi connectivity index (χ2n) is 7.56. The van der Waals surface area contributed by atoms with E-state index in [1.165, 1.54) is 31.4 Å². The van der Waals surface area contributed by atoms with Crippen molar-refractivity contribution in [2.75, 3.05) is 13.6 Å². The van der Waals surface area contributed by atoms with E-state index in [1.54, 1.807) is 13.8 Å². The van der Waals surface area contributed by atoms with Crippen LogP contribution < -0.4 is 20.9 Å². The molecule has 6 nitrogen and oxygen atoms in total. The number of urea groups is 1. The fourth-order valence-electron chi connectivity index (χ4n) is 3.39. The third-order valence-electron chi connectivity index (χ3n) is 5.05. The lowest BCUT2D eigenvalue weighted by atomic mass is 9.88. The number of hydrogen-bond donors (Lipinski definition) is 2. The summed E-state index contributed by atoms with van der Waals surface area (Å²) in [5, 5.41) is 4.90. The van der Waals surface area contributed by atoms with E-state index in [0.29, 0.717) is 17.7 Å². The summed E-state index contributed by atoms with van der Waals surface area (Å²) in [7, 11) is 1.38. The van der Waals surface area contributed by atoms with Crippen LogP contribution in [0.1, 0.15) is 25.0 Å². The number of nitrogens with one attached hydrogen (secondary N) is 2. The molecule has 2 amide bonds. The number of pyridine rings is 1. The van der Waals surface area contributed by atoms with Crippen LogP contribution in [0.2, 0.25) is 0 Å². The highest BCUT2D eigenvalue weighted by atomic mass is 19.4. The molecule has 11 heteroatoms. The number of ether oxygens (including phenoxy) is 1. The minimum absolute atomic E-state index is 0.0196. The van der Waals surface area contributed by atoms with Gasteiger partial charge in [-0.3, -0.25) is 9.36 Å². The molecule has 1 aromatic heterocycles. The number of carbonyl (C=O) groups excluding carboxylic acids is 1. The van der Waals surface area contributed by atoms with E-state index in [4.69, 9.17) is 4.74 Å². The molecule has 0 bridgehead atoms. The van der Waals surface area contributed by atoms with Gasteiger partial charge in [0.05, 0.1) is 5.70 Å². The zero-order chi connectivity index (χ0) is 23.9. The van der Waals surface area contributed by atoms with Gasteiger partial charge in [-0.05, 0) is 38.1 Å². The van der Waals surface area contributed by atoms with Crippen molar-refractivity contribution in [1.82, 2.24) is 15.2 Å². The van der Waals surface area contributed by atoms with Crippen LogP contribution in [0, 0.1) is 0 Å². The molecule has 0 saturated heterocycles. The lowest BCUT2D eigenvalue weighted by molar-refractivity contribution is -0.289. The van der Waals surface area contributed by atoms with Gasteiger partial charge in [-0.15, -0.1) is 0 Å². The Hall–Kier alpha value is -3.37. The predicted molar refractivity (Wildman–Crippen MR) is 107 cm³/mol. The molecule has 3 rings (SSSR count). The maximum Gasteiger partial charge on any atom is 0.458 e. The average Bonchev–Trinajstić information content (AvgIpc) is 2.70. The molecule has 0 atom stereocenters. The third kappa shape index (κ3) is 4.06. The Morgan fingerprint density at radius 1 is 1.12 bits per heavy atom. The number of hydrogen-bond acceptors (Lipinski definition) is 3. The Morgan fingerprint density at radius 3 is 2.41 bits per heavy atom. The third-order valence-corrected chi connectivity index (χ3v) is 5.05. The topological polar surface area (TPSA) is 72.4 Å². The van der Waals surface area contributed by atoms with Crippen molar-refractivity contribution in [1.29, 1.82) is 0 Å². The van der Waals surface area contributed by atoms with Crippen molar-refractivity contribution in [3.8, 4) is 5.75 Å². The Labute approximate surface area is 179 Å². The Morgan fingerprint density at radius 2 is 1.81 bits per heavy atom. The summed E-state index contributed by atoms with van der Waals surface area (Å²) in [4.78, 5) is 24.3. The van der Waals surface area contributed by atoms with E-state index in [2.05, 4.69) is 10.6 Å². The number of rotatable bonds is 4. The second kappa shape index (κ2) is 7.95. The number of carbonyl (C=O) groups is 1. The molecule has 2 N–H and O–H groups in total. The normalized spacial score (nSPS) is 15.6. The molecule has 0 fully saturated rings. The number of halogens is 5. The number of amides is 2. The van der Waals surface area contributed by atoms with Crippen molar-refractivity contribution in [2.45, 2.75) is 31.5 Å². The van der Waals surface area contributed by atoms with Crippen LogP contribution >= 0.6 is 0 Å². The standard InChI is InChI=1S/C21H20F5N3O3/c1-19(2)14(11-28-18(31)27-3)17(29-9-5-4-6-16(29)30)13-10-12(7-8-15(13)32-19)20(22,23)21(24,25)26/h4-10H,11H2,1-3H3,(H2,27,28,31). The van der Waals surface area contributed by atoms with Crippen LogP contribution in [-0.4, -0.2) is 36.0 Å². The van der Waals surface area contributed by atoms with Gasteiger partial charge in [-0.1, -0.05) is 6.07 Å². The molecule has 2 aromatic rings. The zero-order valence-electron chi connectivity index (χ0n) is 17.3. The van der Waals surface area contributed by atoms with Gasteiger partial charge in [-0.2, -0.15) is 22.0 Å². The molecule has 1 aliphatic heterocycles. The second-order valence-corrected chi connectivity index (χ2v) is 7.56. The van der Waals surface area contributed by atoms with Gasteiger partial charge < -0.3 is 15.4 Å². The number of alkyl halides is 5. The largest absolute Gasteiger partial charge is 0.483 e. The zero-order valence-corrected chi connectivity index (χ0v) is 17.3. The first-order valence-electron chi connectivity index (χ1n) is 9.45. The molecular formula is C21H20F5N3O3. The molecular weight excluding hydrogens is 437 g/mol. The summed E-state index contributed by atoms with van der Waals surface area (Å²) in [6.07, 6.45) is -4.45. The van der Waals surface area contributed by atoms with Crippen molar-refractivity contribution in [2.24, 2.45) is 0 Å². The first-order valence-corrected chi connectivity index (χ1v) is 9.45. The SMILES string of the molecule is CNC(=O)NCC1=C(n2ccccc2=O)c2cc(C(F)(F)C(F)(F)F)ccc2OC1(C)C. The highest BCUT2D eigenvalue weighted by molar-refractivity contribution is 5.79. The fourth-order valence-corrected chi connectivity index (χ4v) is 3.39. The van der Waals surface area contributed by atoms with Gasteiger partial charge in [0.1, 0.15) is 11.4 Å². The van der Waals surface area contributed by atoms with E-state index in [0.717, 1.165) is 10.6 Å². The smallest absolute Gasteiger partial charge is 0.458 e. The monoisotopic (exact) mass is 457 g/mol. The molecule has 0 radical (unpaired) electrons. The van der Waals surface area contributed by atoms with Crippen molar-refractivity contribution < 1.29 is 31.5 Å². The minimum Gasteiger partial charge on any atom is -0.483 e. The number of nitrogens with zero attached hydrogens (tertiary/aromatic N) is 1. The first-order chi connectivity index (χ1) is 14.8. The molecule has 1 aromatic carbocycles. The summed E-state index contributed by atoms with van der Waals surface area (Å²) >= 11 is 0. The Bertz CT molecular complexity index is 1140. The van der Waals surface area contributed by atoms with Crippen molar-refractivity contribution in [3.05, 3.63) is 69.6 Å². The van der Waals surface area contributed by atoms with E-state index < -0.39 is 34.9 Å². The van der Waals surface area contributed by atoms with E-state index in [-0.39, 0.29) is 23.6 Å². The van der Waals surface area contributed by atoms with E-state index in [1.807, 2.05) is 0 Å². The quantitative estimate of drug-likeness (QED) is 0.685. The summed E-state index contributed by atoms with van der Waals surface area (Å²) < 4.78 is 74.1. The van der Waals surface area contributed by atoms with Crippen molar-refractivity contribution in [3.63, 3.8) is 0 Å². The molecule has 0 saturated carbocycles. The van der Waals surface area contributed by atoms with Gasteiger partial charge in [0.2, 0.25) is 0 Å². The molecule has 0 aliphatic carbocycles. The number of fused-ring (bicyclic) bond motifs is 1. The van der Waals surface area contributed by atoms with Gasteiger partial charge in [-0.25, -0.2) is 4.79 Å². The Kier molecular flexibility index (Phi) is 5.79. The highest BCUT2D eigenvalue weighted by Gasteiger charge is 2.59.